The van der Waals surface area contributed by atoms with Gasteiger partial charge in [-0.05, 0) is 49.9 Å². The van der Waals surface area contributed by atoms with Crippen molar-refractivity contribution in [2.75, 3.05) is 18.4 Å². The van der Waals surface area contributed by atoms with Crippen molar-refractivity contribution >= 4 is 39.1 Å². The minimum atomic E-state index is 0.556. The first-order valence-corrected chi connectivity index (χ1v) is 8.45. The average molecular weight is 381 g/mol. The molecule has 2 heterocycles. The summed E-state index contributed by atoms with van der Waals surface area (Å²) in [5.74, 6) is 0. The normalized spacial score (nSPS) is 21.8. The Kier molecular flexibility index (Phi) is 4.41. The van der Waals surface area contributed by atoms with Crippen LogP contribution in [0.5, 0.6) is 0 Å². The zero-order valence-corrected chi connectivity index (χ0v) is 13.9. The van der Waals surface area contributed by atoms with E-state index in [9.17, 15) is 0 Å². The smallest absolute Gasteiger partial charge is 0.0590 e. The molecule has 0 amide bonds. The van der Waals surface area contributed by atoms with E-state index in [-0.39, 0.29) is 0 Å². The summed E-state index contributed by atoms with van der Waals surface area (Å²) in [7, 11) is 0. The number of piperidine rings is 1. The van der Waals surface area contributed by atoms with Gasteiger partial charge in [0.15, 0.2) is 0 Å². The predicted octanol–water partition coefficient (Wildman–Crippen LogP) is 3.89. The van der Waals surface area contributed by atoms with E-state index >= 15 is 0 Å². The van der Waals surface area contributed by atoms with Crippen LogP contribution in [0.2, 0.25) is 0 Å². The SMILES string of the molecule is CC(I)N1CCCC(Nc2ccc3cnccc3c2)C1. The van der Waals surface area contributed by atoms with E-state index in [0.29, 0.717) is 10.1 Å². The molecule has 0 saturated carbocycles. The summed E-state index contributed by atoms with van der Waals surface area (Å²) in [5, 5.41) is 6.14. The molecule has 4 heteroatoms. The number of hydrogen-bond acceptors (Lipinski definition) is 3. The number of anilines is 1. The maximum atomic E-state index is 4.16. The maximum absolute atomic E-state index is 4.16. The summed E-state index contributed by atoms with van der Waals surface area (Å²) in [6.07, 6.45) is 6.31. The lowest BCUT2D eigenvalue weighted by atomic mass is 10.0. The van der Waals surface area contributed by atoms with Crippen molar-refractivity contribution in [3.63, 3.8) is 0 Å². The van der Waals surface area contributed by atoms with Gasteiger partial charge >= 0.3 is 0 Å². The van der Waals surface area contributed by atoms with E-state index in [1.807, 2.05) is 12.4 Å². The molecule has 2 aromatic rings. The van der Waals surface area contributed by atoms with E-state index < -0.39 is 0 Å². The number of fused-ring (bicyclic) bond motifs is 1. The van der Waals surface area contributed by atoms with Crippen LogP contribution in [0.25, 0.3) is 10.8 Å². The van der Waals surface area contributed by atoms with E-state index in [1.54, 1.807) is 0 Å². The Morgan fingerprint density at radius 2 is 2.25 bits per heavy atom. The third-order valence-electron chi connectivity index (χ3n) is 3.97. The van der Waals surface area contributed by atoms with Crippen molar-refractivity contribution < 1.29 is 0 Å². The van der Waals surface area contributed by atoms with Gasteiger partial charge in [-0.3, -0.25) is 9.88 Å². The topological polar surface area (TPSA) is 28.2 Å². The quantitative estimate of drug-likeness (QED) is 0.497. The van der Waals surface area contributed by atoms with E-state index in [4.69, 9.17) is 0 Å². The molecule has 2 unspecified atom stereocenters. The lowest BCUT2D eigenvalue weighted by molar-refractivity contribution is 0.218. The number of nitrogens with one attached hydrogen (secondary N) is 1. The number of alkyl halides is 1. The number of nitrogens with zero attached hydrogens (tertiary/aromatic N) is 2. The van der Waals surface area contributed by atoms with E-state index in [2.05, 4.69) is 69.0 Å². The van der Waals surface area contributed by atoms with Gasteiger partial charge in [0, 0.05) is 36.1 Å². The van der Waals surface area contributed by atoms with E-state index in [0.717, 1.165) is 6.54 Å². The molecule has 3 rings (SSSR count). The molecule has 1 N–H and O–H groups in total. The van der Waals surface area contributed by atoms with Crippen molar-refractivity contribution in [1.29, 1.82) is 0 Å². The number of halogens is 1. The van der Waals surface area contributed by atoms with Crippen LogP contribution in [0, 0.1) is 0 Å². The minimum Gasteiger partial charge on any atom is -0.381 e. The molecule has 20 heavy (non-hydrogen) atoms. The van der Waals surface area contributed by atoms with Crippen LogP contribution in [0.3, 0.4) is 0 Å². The first-order chi connectivity index (χ1) is 9.72. The molecule has 1 aromatic heterocycles. The summed E-state index contributed by atoms with van der Waals surface area (Å²) in [5.41, 5.74) is 1.22. The average Bonchev–Trinajstić information content (AvgIpc) is 2.47. The van der Waals surface area contributed by atoms with Gasteiger partial charge < -0.3 is 5.32 Å². The number of likely N-dealkylation sites (tertiary alicyclic amines) is 1. The molecule has 0 aliphatic carbocycles. The molecular weight excluding hydrogens is 361 g/mol. The van der Waals surface area contributed by atoms with Crippen molar-refractivity contribution in [3.8, 4) is 0 Å². The van der Waals surface area contributed by atoms with Crippen molar-refractivity contribution in [2.24, 2.45) is 0 Å². The molecule has 1 aromatic carbocycles. The fourth-order valence-corrected chi connectivity index (χ4v) is 3.36. The van der Waals surface area contributed by atoms with Crippen molar-refractivity contribution in [2.45, 2.75) is 29.9 Å². The Bertz CT molecular complexity index is 585. The zero-order chi connectivity index (χ0) is 13.9. The monoisotopic (exact) mass is 381 g/mol. The summed E-state index contributed by atoms with van der Waals surface area (Å²) in [6, 6.07) is 9.16. The molecule has 106 valence electrons. The fourth-order valence-electron chi connectivity index (χ4n) is 2.86. The number of benzene rings is 1. The Labute approximate surface area is 133 Å². The Morgan fingerprint density at radius 3 is 3.10 bits per heavy atom. The second-order valence-corrected chi connectivity index (χ2v) is 7.29. The van der Waals surface area contributed by atoms with Crippen LogP contribution in [0.15, 0.2) is 36.7 Å². The van der Waals surface area contributed by atoms with Crippen molar-refractivity contribution in [3.05, 3.63) is 36.7 Å². The van der Waals surface area contributed by atoms with Gasteiger partial charge in [0.05, 0.1) is 4.05 Å². The van der Waals surface area contributed by atoms with Gasteiger partial charge in [0.2, 0.25) is 0 Å². The molecule has 3 nitrogen and oxygen atoms in total. The standard InChI is InChI=1S/C16H20IN3/c1-12(17)20-8-2-3-16(11-20)19-15-5-4-14-10-18-7-6-13(14)9-15/h4-7,9-10,12,16,19H,2-3,8,11H2,1H3. The third kappa shape index (κ3) is 3.23. The number of hydrogen-bond donors (Lipinski definition) is 1. The van der Waals surface area contributed by atoms with Crippen molar-refractivity contribution in [1.82, 2.24) is 9.88 Å². The Hall–Kier alpha value is -0.880. The largest absolute Gasteiger partial charge is 0.381 e. The fraction of sp³-hybridized carbons (Fsp3) is 0.438. The molecule has 1 fully saturated rings. The summed E-state index contributed by atoms with van der Waals surface area (Å²) < 4.78 is 0.611. The van der Waals surface area contributed by atoms with Gasteiger partial charge in [0.25, 0.3) is 0 Å². The molecule has 0 radical (unpaired) electrons. The van der Waals surface area contributed by atoms with Gasteiger partial charge in [0.1, 0.15) is 0 Å². The molecule has 0 bridgehead atoms. The van der Waals surface area contributed by atoms with Crippen LogP contribution >= 0.6 is 22.6 Å². The maximum Gasteiger partial charge on any atom is 0.0590 e. The summed E-state index contributed by atoms with van der Waals surface area (Å²) >= 11 is 2.51. The highest BCUT2D eigenvalue weighted by Gasteiger charge is 2.21. The lowest BCUT2D eigenvalue weighted by Gasteiger charge is -2.35. The number of pyridine rings is 1. The second-order valence-electron chi connectivity index (χ2n) is 5.49. The predicted molar refractivity (Wildman–Crippen MR) is 93.4 cm³/mol. The highest BCUT2D eigenvalue weighted by Crippen LogP contribution is 2.22. The lowest BCUT2D eigenvalue weighted by Crippen LogP contribution is -2.44. The van der Waals surface area contributed by atoms with Gasteiger partial charge in [-0.25, -0.2) is 0 Å². The zero-order valence-electron chi connectivity index (χ0n) is 11.7. The highest BCUT2D eigenvalue weighted by atomic mass is 127. The van der Waals surface area contributed by atoms with E-state index in [1.165, 1.54) is 35.8 Å². The second kappa shape index (κ2) is 6.26. The van der Waals surface area contributed by atoms with Gasteiger partial charge in [-0.2, -0.15) is 0 Å². The van der Waals surface area contributed by atoms with Crippen LogP contribution in [0.1, 0.15) is 19.8 Å². The van der Waals surface area contributed by atoms with Crippen LogP contribution < -0.4 is 5.32 Å². The Morgan fingerprint density at radius 1 is 1.35 bits per heavy atom. The highest BCUT2D eigenvalue weighted by molar-refractivity contribution is 14.1. The Balaban J connectivity index is 1.72. The first kappa shape index (κ1) is 14.1. The van der Waals surface area contributed by atoms with Crippen LogP contribution in [-0.2, 0) is 0 Å². The van der Waals surface area contributed by atoms with Gasteiger partial charge in [-0.15, -0.1) is 0 Å². The molecule has 2 atom stereocenters. The molecule has 1 aliphatic heterocycles. The first-order valence-electron chi connectivity index (χ1n) is 7.21. The van der Waals surface area contributed by atoms with Gasteiger partial charge in [-0.1, -0.05) is 28.7 Å². The summed E-state index contributed by atoms with van der Waals surface area (Å²) in [6.45, 7) is 4.64. The molecule has 1 aliphatic rings. The molecule has 0 spiro atoms. The summed E-state index contributed by atoms with van der Waals surface area (Å²) in [4.78, 5) is 6.71. The minimum absolute atomic E-state index is 0.556. The van der Waals surface area contributed by atoms with Crippen LogP contribution in [0.4, 0.5) is 5.69 Å². The third-order valence-corrected chi connectivity index (χ3v) is 4.76. The number of aromatic nitrogens is 1. The number of rotatable bonds is 3. The molecular formula is C16H20IN3. The van der Waals surface area contributed by atoms with Crippen LogP contribution in [-0.4, -0.2) is 33.1 Å². The molecule has 1 saturated heterocycles.